The summed E-state index contributed by atoms with van der Waals surface area (Å²) in [5.74, 6) is -0.657. The number of ether oxygens (including phenoxy) is 3. The molecule has 0 unspecified atom stereocenters. The van der Waals surface area contributed by atoms with Gasteiger partial charge in [-0.2, -0.15) is 0 Å². The van der Waals surface area contributed by atoms with Crippen LogP contribution < -0.4 is 4.74 Å². The zero-order chi connectivity index (χ0) is 20.5. The number of hydrogen-bond donors (Lipinski definition) is 1. The predicted molar refractivity (Wildman–Crippen MR) is 103 cm³/mol. The van der Waals surface area contributed by atoms with E-state index in [0.717, 1.165) is 12.8 Å². The molecule has 4 rings (SSSR count). The van der Waals surface area contributed by atoms with Gasteiger partial charge in [-0.05, 0) is 31.0 Å². The van der Waals surface area contributed by atoms with Gasteiger partial charge in [0, 0.05) is 51.1 Å². The summed E-state index contributed by atoms with van der Waals surface area (Å²) < 4.78 is 30.9. The third-order valence-corrected chi connectivity index (χ3v) is 6.23. The van der Waals surface area contributed by atoms with Gasteiger partial charge in [0.2, 0.25) is 0 Å². The van der Waals surface area contributed by atoms with Gasteiger partial charge in [-0.25, -0.2) is 4.39 Å². The van der Waals surface area contributed by atoms with E-state index in [0.29, 0.717) is 57.0 Å². The van der Waals surface area contributed by atoms with Crippen molar-refractivity contribution >= 4 is 5.91 Å². The van der Waals surface area contributed by atoms with Gasteiger partial charge in [-0.1, -0.05) is 0 Å². The van der Waals surface area contributed by atoms with E-state index in [1.54, 1.807) is 17.0 Å². The first-order valence-corrected chi connectivity index (χ1v) is 10.3. The highest BCUT2D eigenvalue weighted by molar-refractivity contribution is 5.86. The Morgan fingerprint density at radius 1 is 1.17 bits per heavy atom. The fraction of sp³-hybridized carbons (Fsp3) is 0.667. The van der Waals surface area contributed by atoms with E-state index in [-0.39, 0.29) is 24.8 Å². The molecule has 0 aromatic heterocycles. The molecule has 0 aliphatic carbocycles. The molecule has 8 heteroatoms. The third-order valence-electron chi connectivity index (χ3n) is 6.23. The molecule has 1 atom stereocenters. The SMILES string of the molecule is COc1ccc(F)c(CN2CCC[C@@](O)(CN3CCC4(CC3)OCCO4)C2=O)c1. The van der Waals surface area contributed by atoms with Crippen molar-refractivity contribution in [2.45, 2.75) is 43.6 Å². The number of rotatable bonds is 5. The monoisotopic (exact) mass is 408 g/mol. The standard InChI is InChI=1S/C21H29FN2O5/c1-27-17-3-4-18(22)16(13-17)14-24-8-2-5-20(26,19(24)25)15-23-9-6-21(7-10-23)28-11-12-29-21/h3-4,13,26H,2,5-12,14-15H2,1H3/t20-/m1/s1. The van der Waals surface area contributed by atoms with Crippen molar-refractivity contribution < 1.29 is 28.5 Å². The Morgan fingerprint density at radius 3 is 2.59 bits per heavy atom. The number of piperidine rings is 2. The number of carbonyl (C=O) groups excluding carboxylic acids is 1. The lowest BCUT2D eigenvalue weighted by atomic mass is 9.89. The van der Waals surface area contributed by atoms with Crippen LogP contribution in [0.3, 0.4) is 0 Å². The van der Waals surface area contributed by atoms with E-state index in [9.17, 15) is 14.3 Å². The van der Waals surface area contributed by atoms with Gasteiger partial charge >= 0.3 is 0 Å². The number of halogens is 1. The van der Waals surface area contributed by atoms with Gasteiger partial charge < -0.3 is 24.2 Å². The van der Waals surface area contributed by atoms with Crippen LogP contribution in [-0.4, -0.2) is 78.7 Å². The first kappa shape index (κ1) is 20.5. The maximum absolute atomic E-state index is 14.2. The quantitative estimate of drug-likeness (QED) is 0.797. The summed E-state index contributed by atoms with van der Waals surface area (Å²) >= 11 is 0. The zero-order valence-electron chi connectivity index (χ0n) is 16.9. The van der Waals surface area contributed by atoms with Gasteiger partial charge in [0.1, 0.15) is 11.6 Å². The largest absolute Gasteiger partial charge is 0.497 e. The zero-order valence-corrected chi connectivity index (χ0v) is 16.9. The predicted octanol–water partition coefficient (Wildman–Crippen LogP) is 1.53. The normalized spacial score (nSPS) is 27.6. The molecule has 29 heavy (non-hydrogen) atoms. The van der Waals surface area contributed by atoms with E-state index in [2.05, 4.69) is 4.90 Å². The Kier molecular flexibility index (Phi) is 5.79. The van der Waals surface area contributed by atoms with E-state index < -0.39 is 11.4 Å². The fourth-order valence-electron chi connectivity index (χ4n) is 4.58. The molecule has 0 radical (unpaired) electrons. The smallest absolute Gasteiger partial charge is 0.256 e. The molecule has 0 saturated carbocycles. The van der Waals surface area contributed by atoms with Crippen molar-refractivity contribution in [2.75, 3.05) is 46.5 Å². The number of nitrogens with zero attached hydrogens (tertiary/aromatic N) is 2. The number of benzene rings is 1. The molecule has 160 valence electrons. The molecule has 3 fully saturated rings. The summed E-state index contributed by atoms with van der Waals surface area (Å²) in [4.78, 5) is 16.7. The van der Waals surface area contributed by atoms with Crippen molar-refractivity contribution in [2.24, 2.45) is 0 Å². The highest BCUT2D eigenvalue weighted by Crippen LogP contribution is 2.33. The molecular formula is C21H29FN2O5. The molecule has 1 aromatic carbocycles. The molecule has 3 aliphatic rings. The minimum atomic E-state index is -1.45. The summed E-state index contributed by atoms with van der Waals surface area (Å²) in [7, 11) is 1.52. The maximum atomic E-state index is 14.2. The Bertz CT molecular complexity index is 745. The minimum absolute atomic E-state index is 0.120. The van der Waals surface area contributed by atoms with Gasteiger partial charge in [-0.3, -0.25) is 9.69 Å². The summed E-state index contributed by atoms with van der Waals surface area (Å²) in [5, 5.41) is 11.2. The lowest BCUT2D eigenvalue weighted by molar-refractivity contribution is -0.191. The van der Waals surface area contributed by atoms with E-state index in [1.165, 1.54) is 13.2 Å². The average Bonchev–Trinajstić information content (AvgIpc) is 3.17. The van der Waals surface area contributed by atoms with Crippen LogP contribution in [0.15, 0.2) is 18.2 Å². The summed E-state index contributed by atoms with van der Waals surface area (Å²) in [6.07, 6.45) is 2.56. The topological polar surface area (TPSA) is 71.5 Å². The van der Waals surface area contributed by atoms with Crippen LogP contribution in [0.2, 0.25) is 0 Å². The molecule has 7 nitrogen and oxygen atoms in total. The van der Waals surface area contributed by atoms with Gasteiger partial charge in [-0.15, -0.1) is 0 Å². The van der Waals surface area contributed by atoms with Crippen LogP contribution in [0.1, 0.15) is 31.2 Å². The number of hydrogen-bond acceptors (Lipinski definition) is 6. The highest BCUT2D eigenvalue weighted by Gasteiger charge is 2.46. The van der Waals surface area contributed by atoms with Crippen molar-refractivity contribution in [1.82, 2.24) is 9.80 Å². The molecule has 3 saturated heterocycles. The van der Waals surface area contributed by atoms with Crippen LogP contribution in [0.25, 0.3) is 0 Å². The summed E-state index contributed by atoms with van der Waals surface area (Å²) in [5.41, 5.74) is -1.06. The highest BCUT2D eigenvalue weighted by atomic mass is 19.1. The van der Waals surface area contributed by atoms with Gasteiger partial charge in [0.25, 0.3) is 5.91 Å². The fourth-order valence-corrected chi connectivity index (χ4v) is 4.58. The average molecular weight is 408 g/mol. The molecule has 1 spiro atoms. The van der Waals surface area contributed by atoms with Crippen LogP contribution in [-0.2, 0) is 20.8 Å². The first-order chi connectivity index (χ1) is 13.9. The first-order valence-electron chi connectivity index (χ1n) is 10.3. The number of carbonyl (C=O) groups is 1. The van der Waals surface area contributed by atoms with E-state index in [1.807, 2.05) is 0 Å². The summed E-state index contributed by atoms with van der Waals surface area (Å²) in [6.45, 7) is 3.56. The minimum Gasteiger partial charge on any atom is -0.497 e. The number of amides is 1. The van der Waals surface area contributed by atoms with Crippen molar-refractivity contribution in [1.29, 1.82) is 0 Å². The van der Waals surface area contributed by atoms with E-state index >= 15 is 0 Å². The lowest BCUT2D eigenvalue weighted by Gasteiger charge is -2.43. The van der Waals surface area contributed by atoms with Gasteiger partial charge in [0.05, 0.1) is 20.3 Å². The van der Waals surface area contributed by atoms with Crippen molar-refractivity contribution in [3.05, 3.63) is 29.6 Å². The molecule has 1 aromatic rings. The van der Waals surface area contributed by atoms with Gasteiger partial charge in [0.15, 0.2) is 11.4 Å². The Hall–Kier alpha value is -1.74. The molecular weight excluding hydrogens is 379 g/mol. The second kappa shape index (κ2) is 8.18. The molecule has 1 amide bonds. The number of likely N-dealkylation sites (tertiary alicyclic amines) is 2. The van der Waals surface area contributed by atoms with Crippen molar-refractivity contribution in [3.63, 3.8) is 0 Å². The second-order valence-electron chi connectivity index (χ2n) is 8.20. The van der Waals surface area contributed by atoms with Crippen molar-refractivity contribution in [3.8, 4) is 5.75 Å². The number of methoxy groups -OCH3 is 1. The van der Waals surface area contributed by atoms with E-state index in [4.69, 9.17) is 14.2 Å². The Balaban J connectivity index is 1.40. The Labute approximate surface area is 170 Å². The van der Waals surface area contributed by atoms with Crippen LogP contribution in [0.5, 0.6) is 5.75 Å². The summed E-state index contributed by atoms with van der Waals surface area (Å²) in [6, 6.07) is 4.49. The molecule has 0 bridgehead atoms. The van der Waals surface area contributed by atoms with Crippen LogP contribution in [0.4, 0.5) is 4.39 Å². The van der Waals surface area contributed by atoms with Crippen LogP contribution >= 0.6 is 0 Å². The maximum Gasteiger partial charge on any atom is 0.256 e. The van der Waals surface area contributed by atoms with Crippen LogP contribution in [0, 0.1) is 5.82 Å². The molecule has 3 aliphatic heterocycles. The molecule has 1 N–H and O–H groups in total. The lowest BCUT2D eigenvalue weighted by Crippen LogP contribution is -2.59. The number of β-amino-alcohol motifs (C(OH)–C–C–N with tert-alkyl or cyclic N) is 1. The number of aliphatic hydroxyl groups is 1. The molecule has 3 heterocycles. The second-order valence-corrected chi connectivity index (χ2v) is 8.20. The Morgan fingerprint density at radius 2 is 1.90 bits per heavy atom. The third kappa shape index (κ3) is 4.26.